The SMILES string of the molecule is CCOc1ccc(C(NN)C2CC3CCC2O3)cc1. The zero-order chi connectivity index (χ0) is 13.2. The molecule has 2 saturated heterocycles. The fourth-order valence-corrected chi connectivity index (χ4v) is 3.43. The van der Waals surface area contributed by atoms with Crippen LogP contribution in [-0.2, 0) is 4.74 Å². The summed E-state index contributed by atoms with van der Waals surface area (Å²) in [6.07, 6.45) is 4.32. The van der Waals surface area contributed by atoms with Gasteiger partial charge in [0.2, 0.25) is 0 Å². The molecule has 0 aliphatic carbocycles. The maximum atomic E-state index is 5.93. The van der Waals surface area contributed by atoms with Gasteiger partial charge in [0.15, 0.2) is 0 Å². The molecule has 2 aliphatic heterocycles. The lowest BCUT2D eigenvalue weighted by Gasteiger charge is -2.28. The minimum atomic E-state index is 0.172. The van der Waals surface area contributed by atoms with Crippen molar-refractivity contribution in [3.05, 3.63) is 29.8 Å². The van der Waals surface area contributed by atoms with E-state index in [1.165, 1.54) is 18.4 Å². The van der Waals surface area contributed by atoms with Crippen molar-refractivity contribution in [2.45, 2.75) is 44.4 Å². The van der Waals surface area contributed by atoms with Crippen molar-refractivity contribution >= 4 is 0 Å². The van der Waals surface area contributed by atoms with Crippen molar-refractivity contribution in [2.75, 3.05) is 6.61 Å². The van der Waals surface area contributed by atoms with E-state index >= 15 is 0 Å². The Morgan fingerprint density at radius 1 is 1.37 bits per heavy atom. The van der Waals surface area contributed by atoms with Crippen molar-refractivity contribution in [3.8, 4) is 5.75 Å². The summed E-state index contributed by atoms with van der Waals surface area (Å²) < 4.78 is 11.4. The highest BCUT2D eigenvalue weighted by molar-refractivity contribution is 5.30. The molecule has 4 atom stereocenters. The second-order valence-corrected chi connectivity index (χ2v) is 5.42. The number of rotatable bonds is 5. The van der Waals surface area contributed by atoms with E-state index in [0.717, 1.165) is 12.2 Å². The third-order valence-electron chi connectivity index (χ3n) is 4.31. The Kier molecular flexibility index (Phi) is 3.73. The van der Waals surface area contributed by atoms with Crippen LogP contribution in [0.3, 0.4) is 0 Å². The minimum Gasteiger partial charge on any atom is -0.494 e. The normalized spacial score (nSPS) is 30.5. The third-order valence-corrected chi connectivity index (χ3v) is 4.31. The van der Waals surface area contributed by atoms with E-state index in [0.29, 0.717) is 24.7 Å². The Labute approximate surface area is 114 Å². The maximum absolute atomic E-state index is 5.93. The number of hydrogen-bond acceptors (Lipinski definition) is 4. The van der Waals surface area contributed by atoms with Crippen molar-refractivity contribution in [1.29, 1.82) is 0 Å². The van der Waals surface area contributed by atoms with Crippen LogP contribution in [0.15, 0.2) is 24.3 Å². The number of nitrogens with two attached hydrogens (primary N) is 1. The van der Waals surface area contributed by atoms with Gasteiger partial charge in [0, 0.05) is 5.92 Å². The first-order valence-electron chi connectivity index (χ1n) is 7.16. The molecule has 0 spiro atoms. The van der Waals surface area contributed by atoms with E-state index < -0.39 is 0 Å². The number of hydrogen-bond donors (Lipinski definition) is 2. The van der Waals surface area contributed by atoms with E-state index in [2.05, 4.69) is 17.6 Å². The summed E-state index contributed by atoms with van der Waals surface area (Å²) in [7, 11) is 0. The molecule has 0 saturated carbocycles. The number of hydrazine groups is 1. The molecule has 0 radical (unpaired) electrons. The molecule has 2 aliphatic rings. The van der Waals surface area contributed by atoms with Gasteiger partial charge in [0.25, 0.3) is 0 Å². The lowest BCUT2D eigenvalue weighted by Crippen LogP contribution is -2.37. The average Bonchev–Trinajstić information content (AvgIpc) is 3.05. The summed E-state index contributed by atoms with van der Waals surface area (Å²) in [6, 6.07) is 8.39. The molecule has 2 heterocycles. The van der Waals surface area contributed by atoms with E-state index in [-0.39, 0.29) is 6.04 Å². The Morgan fingerprint density at radius 2 is 2.16 bits per heavy atom. The maximum Gasteiger partial charge on any atom is 0.119 e. The number of nitrogens with one attached hydrogen (secondary N) is 1. The van der Waals surface area contributed by atoms with Gasteiger partial charge in [-0.2, -0.15) is 0 Å². The summed E-state index contributed by atoms with van der Waals surface area (Å²) in [4.78, 5) is 0. The first-order valence-corrected chi connectivity index (χ1v) is 7.16. The summed E-state index contributed by atoms with van der Waals surface area (Å²) in [5, 5.41) is 0. The molecular weight excluding hydrogens is 240 g/mol. The smallest absolute Gasteiger partial charge is 0.119 e. The zero-order valence-corrected chi connectivity index (χ0v) is 11.3. The van der Waals surface area contributed by atoms with Crippen LogP contribution < -0.4 is 16.0 Å². The molecule has 1 aromatic carbocycles. The van der Waals surface area contributed by atoms with Crippen LogP contribution in [0.2, 0.25) is 0 Å². The molecule has 2 bridgehead atoms. The fraction of sp³-hybridized carbons (Fsp3) is 0.600. The second kappa shape index (κ2) is 5.49. The Balaban J connectivity index is 1.74. The first-order chi connectivity index (χ1) is 9.31. The van der Waals surface area contributed by atoms with E-state index in [1.54, 1.807) is 0 Å². The molecule has 0 aromatic heterocycles. The van der Waals surface area contributed by atoms with Gasteiger partial charge in [0.05, 0.1) is 24.9 Å². The van der Waals surface area contributed by atoms with Crippen molar-refractivity contribution in [3.63, 3.8) is 0 Å². The molecule has 3 N–H and O–H groups in total. The Morgan fingerprint density at radius 3 is 2.68 bits per heavy atom. The molecule has 3 rings (SSSR count). The number of fused-ring (bicyclic) bond motifs is 2. The average molecular weight is 262 g/mol. The van der Waals surface area contributed by atoms with Crippen LogP contribution in [0.1, 0.15) is 37.8 Å². The fourth-order valence-electron chi connectivity index (χ4n) is 3.43. The van der Waals surface area contributed by atoms with Crippen LogP contribution in [0.25, 0.3) is 0 Å². The summed E-state index contributed by atoms with van der Waals surface area (Å²) >= 11 is 0. The molecule has 1 aromatic rings. The number of benzene rings is 1. The molecule has 4 heteroatoms. The van der Waals surface area contributed by atoms with E-state index in [4.69, 9.17) is 15.3 Å². The van der Waals surface area contributed by atoms with Crippen LogP contribution in [0, 0.1) is 5.92 Å². The van der Waals surface area contributed by atoms with Crippen LogP contribution in [0.4, 0.5) is 0 Å². The molecule has 104 valence electrons. The summed E-state index contributed by atoms with van der Waals surface area (Å²) in [5.41, 5.74) is 4.19. The molecule has 4 nitrogen and oxygen atoms in total. The van der Waals surface area contributed by atoms with Crippen molar-refractivity contribution in [2.24, 2.45) is 11.8 Å². The summed E-state index contributed by atoms with van der Waals surface area (Å²) in [6.45, 7) is 2.68. The van der Waals surface area contributed by atoms with Crippen molar-refractivity contribution < 1.29 is 9.47 Å². The number of ether oxygens (including phenoxy) is 2. The largest absolute Gasteiger partial charge is 0.494 e. The quantitative estimate of drug-likeness (QED) is 0.630. The van der Waals surface area contributed by atoms with Gasteiger partial charge in [-0.25, -0.2) is 0 Å². The van der Waals surface area contributed by atoms with E-state index in [1.807, 2.05) is 19.1 Å². The minimum absolute atomic E-state index is 0.172. The van der Waals surface area contributed by atoms with Crippen LogP contribution in [0.5, 0.6) is 5.75 Å². The molecule has 4 unspecified atom stereocenters. The predicted octanol–water partition coefficient (Wildman–Crippen LogP) is 2.16. The van der Waals surface area contributed by atoms with Gasteiger partial charge in [0.1, 0.15) is 5.75 Å². The first kappa shape index (κ1) is 12.9. The lowest BCUT2D eigenvalue weighted by atomic mass is 9.81. The molecule has 19 heavy (non-hydrogen) atoms. The second-order valence-electron chi connectivity index (χ2n) is 5.42. The highest BCUT2D eigenvalue weighted by atomic mass is 16.5. The monoisotopic (exact) mass is 262 g/mol. The predicted molar refractivity (Wildman–Crippen MR) is 73.7 cm³/mol. The van der Waals surface area contributed by atoms with Gasteiger partial charge in [-0.3, -0.25) is 11.3 Å². The third kappa shape index (κ3) is 2.48. The van der Waals surface area contributed by atoms with Crippen LogP contribution in [-0.4, -0.2) is 18.8 Å². The molecule has 0 amide bonds. The van der Waals surface area contributed by atoms with Crippen LogP contribution >= 0.6 is 0 Å². The molecular formula is C15H22N2O2. The van der Waals surface area contributed by atoms with Gasteiger partial charge >= 0.3 is 0 Å². The van der Waals surface area contributed by atoms with Gasteiger partial charge < -0.3 is 9.47 Å². The topological polar surface area (TPSA) is 56.5 Å². The molecule has 2 fully saturated rings. The standard InChI is InChI=1S/C15H22N2O2/c1-2-18-11-5-3-10(4-6-11)15(17-16)13-9-12-7-8-14(13)19-12/h3-6,12-15,17H,2,7-9,16H2,1H3. The highest BCUT2D eigenvalue weighted by Crippen LogP contribution is 2.44. The van der Waals surface area contributed by atoms with Crippen molar-refractivity contribution in [1.82, 2.24) is 5.43 Å². The van der Waals surface area contributed by atoms with E-state index in [9.17, 15) is 0 Å². The van der Waals surface area contributed by atoms with Gasteiger partial charge in [-0.05, 0) is 43.9 Å². The van der Waals surface area contributed by atoms with Gasteiger partial charge in [-0.15, -0.1) is 0 Å². The lowest BCUT2D eigenvalue weighted by molar-refractivity contribution is 0.0857. The zero-order valence-electron chi connectivity index (χ0n) is 11.3. The Bertz CT molecular complexity index is 421. The Hall–Kier alpha value is -1.10. The summed E-state index contributed by atoms with van der Waals surface area (Å²) in [5.74, 6) is 7.17. The van der Waals surface area contributed by atoms with Gasteiger partial charge in [-0.1, -0.05) is 12.1 Å². The highest BCUT2D eigenvalue weighted by Gasteiger charge is 2.44.